The molecule has 1 heterocycles. The first-order valence-electron chi connectivity index (χ1n) is 7.44. The van der Waals surface area contributed by atoms with Crippen LogP contribution in [0.2, 0.25) is 0 Å². The summed E-state index contributed by atoms with van der Waals surface area (Å²) < 4.78 is 16.6. The average Bonchev–Trinajstić information content (AvgIpc) is 2.39. The van der Waals surface area contributed by atoms with E-state index in [0.717, 1.165) is 59.2 Å². The third-order valence-electron chi connectivity index (χ3n) is 3.01. The Labute approximate surface area is 111 Å². The summed E-state index contributed by atoms with van der Waals surface area (Å²) in [6.45, 7) is 6.84. The summed E-state index contributed by atoms with van der Waals surface area (Å²) in [6, 6.07) is 0. The zero-order chi connectivity index (χ0) is 12.7. The molecule has 0 spiro atoms. The monoisotopic (exact) mass is 259 g/mol. The van der Waals surface area contributed by atoms with Crippen LogP contribution < -0.4 is 5.32 Å². The van der Waals surface area contributed by atoms with Crippen LogP contribution in [0.5, 0.6) is 0 Å². The largest absolute Gasteiger partial charge is 0.380 e. The minimum atomic E-state index is 0.725. The van der Waals surface area contributed by atoms with Gasteiger partial charge in [-0.1, -0.05) is 19.3 Å². The molecule has 0 atom stereocenters. The van der Waals surface area contributed by atoms with E-state index in [9.17, 15) is 0 Å². The molecular weight excluding hydrogens is 230 g/mol. The molecule has 1 aliphatic rings. The molecule has 4 nitrogen and oxygen atoms in total. The van der Waals surface area contributed by atoms with Gasteiger partial charge in [0.25, 0.3) is 0 Å². The van der Waals surface area contributed by atoms with Crippen molar-refractivity contribution in [3.63, 3.8) is 0 Å². The van der Waals surface area contributed by atoms with Crippen molar-refractivity contribution in [1.29, 1.82) is 0 Å². The fraction of sp³-hybridized carbons (Fsp3) is 1.00. The highest BCUT2D eigenvalue weighted by molar-refractivity contribution is 4.48. The molecule has 0 aromatic rings. The van der Waals surface area contributed by atoms with E-state index in [4.69, 9.17) is 14.2 Å². The molecule has 108 valence electrons. The summed E-state index contributed by atoms with van der Waals surface area (Å²) in [4.78, 5) is 0. The highest BCUT2D eigenvalue weighted by Crippen LogP contribution is 2.03. The molecule has 0 aromatic carbocycles. The summed E-state index contributed by atoms with van der Waals surface area (Å²) in [6.07, 6.45) is 7.25. The summed E-state index contributed by atoms with van der Waals surface area (Å²) >= 11 is 0. The van der Waals surface area contributed by atoms with E-state index in [1.54, 1.807) is 0 Å². The van der Waals surface area contributed by atoms with Crippen LogP contribution in [-0.2, 0) is 14.2 Å². The van der Waals surface area contributed by atoms with Gasteiger partial charge in [-0.15, -0.1) is 0 Å². The molecule has 1 rings (SSSR count). The normalized spacial score (nSPS) is 24.0. The molecule has 0 unspecified atom stereocenters. The molecule has 1 fully saturated rings. The lowest BCUT2D eigenvalue weighted by atomic mass is 10.1. The topological polar surface area (TPSA) is 39.7 Å². The zero-order valence-electron chi connectivity index (χ0n) is 11.6. The van der Waals surface area contributed by atoms with E-state index in [-0.39, 0.29) is 0 Å². The first-order valence-corrected chi connectivity index (χ1v) is 7.44. The predicted octanol–water partition coefficient (Wildman–Crippen LogP) is 1.98. The van der Waals surface area contributed by atoms with Crippen LogP contribution in [0, 0.1) is 0 Å². The van der Waals surface area contributed by atoms with Crippen LogP contribution in [-0.4, -0.2) is 52.7 Å². The van der Waals surface area contributed by atoms with E-state index in [2.05, 4.69) is 5.32 Å². The number of nitrogens with one attached hydrogen (secondary N) is 1. The van der Waals surface area contributed by atoms with Crippen LogP contribution in [0.15, 0.2) is 0 Å². The van der Waals surface area contributed by atoms with E-state index >= 15 is 0 Å². The smallest absolute Gasteiger partial charge is 0.0700 e. The van der Waals surface area contributed by atoms with Crippen molar-refractivity contribution in [2.45, 2.75) is 38.5 Å². The summed E-state index contributed by atoms with van der Waals surface area (Å²) in [5.41, 5.74) is 0. The molecule has 1 saturated heterocycles. The SMILES string of the molecule is C1CCCOCCNCCCOCCOCCC1. The standard InChI is InChI=1S/C14H29NO3/c1-2-4-9-16-12-8-15-7-6-11-18-14-13-17-10-5-3-1/h15H,1-14H2. The van der Waals surface area contributed by atoms with Crippen LogP contribution in [0.1, 0.15) is 38.5 Å². The van der Waals surface area contributed by atoms with Crippen molar-refractivity contribution in [2.75, 3.05) is 52.7 Å². The van der Waals surface area contributed by atoms with Gasteiger partial charge in [-0.25, -0.2) is 0 Å². The van der Waals surface area contributed by atoms with Crippen molar-refractivity contribution < 1.29 is 14.2 Å². The maximum absolute atomic E-state index is 5.56. The van der Waals surface area contributed by atoms with Gasteiger partial charge >= 0.3 is 0 Å². The minimum Gasteiger partial charge on any atom is -0.380 e. The lowest BCUT2D eigenvalue weighted by molar-refractivity contribution is 0.0450. The fourth-order valence-corrected chi connectivity index (χ4v) is 1.93. The van der Waals surface area contributed by atoms with Gasteiger partial charge in [-0.05, 0) is 25.8 Å². The molecule has 0 saturated carbocycles. The van der Waals surface area contributed by atoms with Crippen LogP contribution >= 0.6 is 0 Å². The molecule has 18 heavy (non-hydrogen) atoms. The Bertz CT molecular complexity index is 92.1. The lowest BCUT2D eigenvalue weighted by Gasteiger charge is -2.09. The number of hydrogen-bond donors (Lipinski definition) is 1. The minimum absolute atomic E-state index is 0.725. The fourth-order valence-electron chi connectivity index (χ4n) is 1.93. The van der Waals surface area contributed by atoms with Gasteiger partial charge in [0.1, 0.15) is 0 Å². The van der Waals surface area contributed by atoms with Crippen molar-refractivity contribution >= 4 is 0 Å². The second kappa shape index (κ2) is 13.3. The van der Waals surface area contributed by atoms with E-state index < -0.39 is 0 Å². The average molecular weight is 259 g/mol. The van der Waals surface area contributed by atoms with Gasteiger partial charge in [0.2, 0.25) is 0 Å². The number of hydrogen-bond acceptors (Lipinski definition) is 4. The number of rotatable bonds is 0. The molecule has 1 aliphatic heterocycles. The first kappa shape index (κ1) is 15.9. The van der Waals surface area contributed by atoms with Gasteiger partial charge in [-0.2, -0.15) is 0 Å². The van der Waals surface area contributed by atoms with E-state index in [1.165, 1.54) is 32.1 Å². The molecule has 0 aromatic heterocycles. The van der Waals surface area contributed by atoms with Crippen LogP contribution in [0.4, 0.5) is 0 Å². The second-order valence-corrected chi connectivity index (χ2v) is 4.71. The number of ether oxygens (including phenoxy) is 3. The van der Waals surface area contributed by atoms with E-state index in [1.807, 2.05) is 0 Å². The van der Waals surface area contributed by atoms with E-state index in [0.29, 0.717) is 0 Å². The van der Waals surface area contributed by atoms with Gasteiger partial charge < -0.3 is 19.5 Å². The molecule has 0 aliphatic carbocycles. The Morgan fingerprint density at radius 2 is 1.00 bits per heavy atom. The Morgan fingerprint density at radius 3 is 1.72 bits per heavy atom. The van der Waals surface area contributed by atoms with Gasteiger partial charge in [-0.3, -0.25) is 0 Å². The zero-order valence-corrected chi connectivity index (χ0v) is 11.6. The lowest BCUT2D eigenvalue weighted by Crippen LogP contribution is -2.22. The molecule has 4 heteroatoms. The third kappa shape index (κ3) is 11.0. The van der Waals surface area contributed by atoms with Crippen LogP contribution in [0.3, 0.4) is 0 Å². The van der Waals surface area contributed by atoms with Crippen molar-refractivity contribution in [2.24, 2.45) is 0 Å². The molecule has 0 radical (unpaired) electrons. The Balaban J connectivity index is 2.00. The molecular formula is C14H29NO3. The Hall–Kier alpha value is -0.160. The highest BCUT2D eigenvalue weighted by Gasteiger charge is 1.95. The van der Waals surface area contributed by atoms with Crippen molar-refractivity contribution in [3.8, 4) is 0 Å². The highest BCUT2D eigenvalue weighted by atomic mass is 16.5. The van der Waals surface area contributed by atoms with Crippen molar-refractivity contribution in [1.82, 2.24) is 5.32 Å². The van der Waals surface area contributed by atoms with Gasteiger partial charge in [0.15, 0.2) is 0 Å². The Kier molecular flexibility index (Phi) is 11.7. The van der Waals surface area contributed by atoms with Gasteiger partial charge in [0, 0.05) is 26.4 Å². The third-order valence-corrected chi connectivity index (χ3v) is 3.01. The quantitative estimate of drug-likeness (QED) is 0.722. The molecule has 1 N–H and O–H groups in total. The maximum Gasteiger partial charge on any atom is 0.0700 e. The van der Waals surface area contributed by atoms with Gasteiger partial charge in [0.05, 0.1) is 19.8 Å². The van der Waals surface area contributed by atoms with Crippen LogP contribution in [0.25, 0.3) is 0 Å². The first-order chi connectivity index (χ1) is 9.00. The second-order valence-electron chi connectivity index (χ2n) is 4.71. The summed E-state index contributed by atoms with van der Waals surface area (Å²) in [5, 5.41) is 3.35. The predicted molar refractivity (Wildman–Crippen MR) is 73.0 cm³/mol. The molecule has 0 bridgehead atoms. The molecule has 0 amide bonds. The Morgan fingerprint density at radius 1 is 0.444 bits per heavy atom. The summed E-state index contributed by atoms with van der Waals surface area (Å²) in [7, 11) is 0. The van der Waals surface area contributed by atoms with Crippen molar-refractivity contribution in [3.05, 3.63) is 0 Å². The summed E-state index contributed by atoms with van der Waals surface area (Å²) in [5.74, 6) is 0. The maximum atomic E-state index is 5.56.